The zero-order chi connectivity index (χ0) is 12.1. The van der Waals surface area contributed by atoms with E-state index in [1.807, 2.05) is 0 Å². The first kappa shape index (κ1) is 12.6. The van der Waals surface area contributed by atoms with Crippen LogP contribution in [0.5, 0.6) is 0 Å². The molecule has 0 saturated carbocycles. The molecule has 88 valence electrons. The second-order valence-electron chi connectivity index (χ2n) is 3.49. The molecule has 0 heterocycles. The van der Waals surface area contributed by atoms with Crippen LogP contribution in [0.3, 0.4) is 0 Å². The highest BCUT2D eigenvalue weighted by Crippen LogP contribution is 2.11. The Morgan fingerprint density at radius 1 is 1.50 bits per heavy atom. The number of halogens is 2. The molecule has 1 aromatic carbocycles. The Hall–Kier alpha value is -1.49. The molecule has 0 bridgehead atoms. The highest BCUT2D eigenvalue weighted by atomic mass is 19.2. The lowest BCUT2D eigenvalue weighted by Gasteiger charge is -2.12. The summed E-state index contributed by atoms with van der Waals surface area (Å²) in [5, 5.41) is 11.1. The Labute approximate surface area is 92.1 Å². The van der Waals surface area contributed by atoms with Gasteiger partial charge in [0.05, 0.1) is 5.56 Å². The van der Waals surface area contributed by atoms with Crippen molar-refractivity contribution in [1.82, 2.24) is 5.32 Å². The Morgan fingerprint density at radius 3 is 2.81 bits per heavy atom. The van der Waals surface area contributed by atoms with E-state index >= 15 is 0 Å². The second-order valence-corrected chi connectivity index (χ2v) is 3.49. The smallest absolute Gasteiger partial charge is 0.254 e. The minimum Gasteiger partial charge on any atom is -0.396 e. The van der Waals surface area contributed by atoms with Gasteiger partial charge in [-0.3, -0.25) is 4.79 Å². The molecule has 5 heteroatoms. The van der Waals surface area contributed by atoms with Gasteiger partial charge in [-0.1, -0.05) is 6.07 Å². The lowest BCUT2D eigenvalue weighted by molar-refractivity contribution is 0.0929. The van der Waals surface area contributed by atoms with E-state index in [0.29, 0.717) is 6.42 Å². The fourth-order valence-electron chi connectivity index (χ4n) is 1.25. The van der Waals surface area contributed by atoms with Crippen LogP contribution in [-0.4, -0.2) is 23.7 Å². The van der Waals surface area contributed by atoms with E-state index in [-0.39, 0.29) is 18.2 Å². The van der Waals surface area contributed by atoms with Crippen molar-refractivity contribution in [2.24, 2.45) is 0 Å². The number of carbonyl (C=O) groups excluding carboxylic acids is 1. The van der Waals surface area contributed by atoms with E-state index in [4.69, 9.17) is 5.11 Å². The minimum atomic E-state index is -1.16. The molecule has 0 spiro atoms. The van der Waals surface area contributed by atoms with Gasteiger partial charge in [0, 0.05) is 12.6 Å². The fraction of sp³-hybridized carbons (Fsp3) is 0.364. The first-order valence-electron chi connectivity index (χ1n) is 4.92. The SMILES string of the molecule is CC(CCO)NC(=O)c1cccc(F)c1F. The van der Waals surface area contributed by atoms with Crippen molar-refractivity contribution in [3.05, 3.63) is 35.4 Å². The van der Waals surface area contributed by atoms with E-state index in [2.05, 4.69) is 5.32 Å². The first-order chi connectivity index (χ1) is 7.56. The van der Waals surface area contributed by atoms with E-state index in [1.54, 1.807) is 6.92 Å². The van der Waals surface area contributed by atoms with Gasteiger partial charge in [-0.05, 0) is 25.5 Å². The Kier molecular flexibility index (Phi) is 4.37. The highest BCUT2D eigenvalue weighted by Gasteiger charge is 2.16. The monoisotopic (exact) mass is 229 g/mol. The van der Waals surface area contributed by atoms with E-state index in [9.17, 15) is 13.6 Å². The van der Waals surface area contributed by atoms with Gasteiger partial charge in [0.1, 0.15) is 0 Å². The summed E-state index contributed by atoms with van der Waals surface area (Å²) in [5.74, 6) is -2.89. The van der Waals surface area contributed by atoms with Crippen molar-refractivity contribution >= 4 is 5.91 Å². The number of aliphatic hydroxyl groups is 1. The summed E-state index contributed by atoms with van der Waals surface area (Å²) >= 11 is 0. The topological polar surface area (TPSA) is 49.3 Å². The highest BCUT2D eigenvalue weighted by molar-refractivity contribution is 5.94. The molecule has 0 aromatic heterocycles. The molecule has 2 N–H and O–H groups in total. The van der Waals surface area contributed by atoms with Crippen molar-refractivity contribution < 1.29 is 18.7 Å². The number of hydrogen-bond acceptors (Lipinski definition) is 2. The summed E-state index contributed by atoms with van der Waals surface area (Å²) in [6.07, 6.45) is 0.364. The minimum absolute atomic E-state index is 0.0763. The maximum Gasteiger partial charge on any atom is 0.254 e. The maximum absolute atomic E-state index is 13.2. The number of amides is 1. The predicted octanol–water partition coefficient (Wildman–Crippen LogP) is 1.47. The van der Waals surface area contributed by atoms with Crippen LogP contribution < -0.4 is 5.32 Å². The van der Waals surface area contributed by atoms with Gasteiger partial charge in [0.15, 0.2) is 11.6 Å². The van der Waals surface area contributed by atoms with Crippen molar-refractivity contribution in [2.75, 3.05) is 6.61 Å². The molecule has 1 amide bonds. The summed E-state index contributed by atoms with van der Waals surface area (Å²) in [6, 6.07) is 3.13. The Bertz CT molecular complexity index is 382. The molecule has 1 unspecified atom stereocenters. The van der Waals surface area contributed by atoms with E-state index < -0.39 is 17.5 Å². The number of benzene rings is 1. The average Bonchev–Trinajstić information content (AvgIpc) is 2.22. The normalized spacial score (nSPS) is 12.2. The van der Waals surface area contributed by atoms with Crippen LogP contribution in [0.4, 0.5) is 8.78 Å². The number of nitrogens with one attached hydrogen (secondary N) is 1. The zero-order valence-electron chi connectivity index (χ0n) is 8.84. The molecule has 0 fully saturated rings. The Morgan fingerprint density at radius 2 is 2.19 bits per heavy atom. The van der Waals surface area contributed by atoms with Crippen molar-refractivity contribution in [3.8, 4) is 0 Å². The second kappa shape index (κ2) is 5.55. The quantitative estimate of drug-likeness (QED) is 0.821. The summed E-state index contributed by atoms with van der Waals surface area (Å²) < 4.78 is 26.0. The van der Waals surface area contributed by atoms with Crippen molar-refractivity contribution in [2.45, 2.75) is 19.4 Å². The lowest BCUT2D eigenvalue weighted by atomic mass is 10.1. The third-order valence-electron chi connectivity index (χ3n) is 2.14. The van der Waals surface area contributed by atoms with Crippen LogP contribution in [0, 0.1) is 11.6 Å². The summed E-state index contributed by atoms with van der Waals surface area (Å²) in [7, 11) is 0. The van der Waals surface area contributed by atoms with Crippen LogP contribution in [0.1, 0.15) is 23.7 Å². The standard InChI is InChI=1S/C11H13F2NO2/c1-7(5-6-15)14-11(16)8-3-2-4-9(12)10(8)13/h2-4,7,15H,5-6H2,1H3,(H,14,16). The van der Waals surface area contributed by atoms with Gasteiger partial charge in [-0.2, -0.15) is 0 Å². The fourth-order valence-corrected chi connectivity index (χ4v) is 1.25. The van der Waals surface area contributed by atoms with Crippen molar-refractivity contribution in [3.63, 3.8) is 0 Å². The molecule has 16 heavy (non-hydrogen) atoms. The molecule has 0 saturated heterocycles. The molecule has 0 aliphatic rings. The van der Waals surface area contributed by atoms with Crippen molar-refractivity contribution in [1.29, 1.82) is 0 Å². The molecule has 1 atom stereocenters. The Balaban J connectivity index is 2.77. The van der Waals surface area contributed by atoms with Crippen LogP contribution in [-0.2, 0) is 0 Å². The van der Waals surface area contributed by atoms with Gasteiger partial charge in [-0.25, -0.2) is 8.78 Å². The summed E-state index contributed by atoms with van der Waals surface area (Å²) in [6.45, 7) is 1.60. The van der Waals surface area contributed by atoms with Crippen LogP contribution >= 0.6 is 0 Å². The predicted molar refractivity (Wildman–Crippen MR) is 55.0 cm³/mol. The van der Waals surface area contributed by atoms with Crippen LogP contribution in [0.25, 0.3) is 0 Å². The van der Waals surface area contributed by atoms with Gasteiger partial charge < -0.3 is 10.4 Å². The van der Waals surface area contributed by atoms with Gasteiger partial charge >= 0.3 is 0 Å². The van der Waals surface area contributed by atoms with Gasteiger partial charge in [0.2, 0.25) is 0 Å². The lowest BCUT2D eigenvalue weighted by Crippen LogP contribution is -2.33. The van der Waals surface area contributed by atoms with Gasteiger partial charge in [0.25, 0.3) is 5.91 Å². The molecule has 0 aliphatic heterocycles. The molecular weight excluding hydrogens is 216 g/mol. The molecule has 3 nitrogen and oxygen atoms in total. The number of hydrogen-bond donors (Lipinski definition) is 2. The third kappa shape index (κ3) is 3.00. The van der Waals surface area contributed by atoms with Crippen LogP contribution in [0.2, 0.25) is 0 Å². The largest absolute Gasteiger partial charge is 0.396 e. The number of carbonyl (C=O) groups is 1. The molecule has 0 radical (unpaired) electrons. The number of aliphatic hydroxyl groups excluding tert-OH is 1. The summed E-state index contributed by atoms with van der Waals surface area (Å²) in [5.41, 5.74) is -0.329. The molecule has 1 aromatic rings. The van der Waals surface area contributed by atoms with Crippen LogP contribution in [0.15, 0.2) is 18.2 Å². The maximum atomic E-state index is 13.2. The number of rotatable bonds is 4. The zero-order valence-corrected chi connectivity index (χ0v) is 8.84. The molecule has 0 aliphatic carbocycles. The van der Waals surface area contributed by atoms with Gasteiger partial charge in [-0.15, -0.1) is 0 Å². The van der Waals surface area contributed by atoms with E-state index in [0.717, 1.165) is 6.07 Å². The average molecular weight is 229 g/mol. The summed E-state index contributed by atoms with van der Waals surface area (Å²) in [4.78, 5) is 11.5. The van der Waals surface area contributed by atoms with E-state index in [1.165, 1.54) is 12.1 Å². The molecular formula is C11H13F2NO2. The molecule has 1 rings (SSSR count). The third-order valence-corrected chi connectivity index (χ3v) is 2.14. The first-order valence-corrected chi connectivity index (χ1v) is 4.92.